The molecule has 1 heterocycles. The highest BCUT2D eigenvalue weighted by Crippen LogP contribution is 2.24. The summed E-state index contributed by atoms with van der Waals surface area (Å²) in [6, 6.07) is 7.30. The van der Waals surface area contributed by atoms with Crippen LogP contribution in [0.1, 0.15) is 5.89 Å². The quantitative estimate of drug-likeness (QED) is 0.820. The number of aromatic nitrogens is 2. The Morgan fingerprint density at radius 2 is 2.14 bits per heavy atom. The molecule has 0 atom stereocenters. The maximum Gasteiger partial charge on any atom is 0.240 e. The van der Waals surface area contributed by atoms with Crippen molar-refractivity contribution in [2.75, 3.05) is 0 Å². The molecule has 4 nitrogen and oxygen atoms in total. The Morgan fingerprint density at radius 1 is 1.36 bits per heavy atom. The van der Waals surface area contributed by atoms with E-state index >= 15 is 0 Å². The van der Waals surface area contributed by atoms with Crippen molar-refractivity contribution < 1.29 is 4.52 Å². The molecule has 5 heteroatoms. The molecule has 0 bridgehead atoms. The molecule has 72 valence electrons. The van der Waals surface area contributed by atoms with E-state index in [2.05, 4.69) is 10.1 Å². The third-order valence-electron chi connectivity index (χ3n) is 1.76. The Balaban J connectivity index is 2.44. The molecular weight excluding hydrogens is 202 g/mol. The summed E-state index contributed by atoms with van der Waals surface area (Å²) in [5.41, 5.74) is 6.10. The van der Waals surface area contributed by atoms with Gasteiger partial charge in [0.15, 0.2) is 0 Å². The van der Waals surface area contributed by atoms with E-state index in [0.717, 1.165) is 5.56 Å². The third kappa shape index (κ3) is 1.62. The summed E-state index contributed by atoms with van der Waals surface area (Å²) < 4.78 is 4.88. The van der Waals surface area contributed by atoms with Gasteiger partial charge in [-0.25, -0.2) is 0 Å². The van der Waals surface area contributed by atoms with Crippen molar-refractivity contribution in [3.05, 3.63) is 35.2 Å². The zero-order chi connectivity index (χ0) is 9.97. The first-order valence-corrected chi connectivity index (χ1v) is 4.46. The number of hydrogen-bond acceptors (Lipinski definition) is 4. The largest absolute Gasteiger partial charge is 0.338 e. The Hall–Kier alpha value is -1.39. The van der Waals surface area contributed by atoms with Crippen LogP contribution in [0.3, 0.4) is 0 Å². The van der Waals surface area contributed by atoms with Crippen LogP contribution in [0.25, 0.3) is 11.4 Å². The molecule has 0 aliphatic carbocycles. The predicted octanol–water partition coefficient (Wildman–Crippen LogP) is 1.85. The van der Waals surface area contributed by atoms with Crippen LogP contribution in [-0.4, -0.2) is 10.1 Å². The SMILES string of the molecule is NCc1nc(-c2ccccc2Cl)no1. The molecule has 0 aliphatic heterocycles. The van der Waals surface area contributed by atoms with Crippen LogP contribution in [-0.2, 0) is 6.54 Å². The lowest BCUT2D eigenvalue weighted by molar-refractivity contribution is 0.380. The maximum absolute atomic E-state index is 5.96. The summed E-state index contributed by atoms with van der Waals surface area (Å²) in [5, 5.41) is 4.36. The molecule has 2 rings (SSSR count). The van der Waals surface area contributed by atoms with Gasteiger partial charge in [-0.05, 0) is 12.1 Å². The average molecular weight is 210 g/mol. The van der Waals surface area contributed by atoms with Crippen molar-refractivity contribution in [3.63, 3.8) is 0 Å². The lowest BCUT2D eigenvalue weighted by Crippen LogP contribution is -1.95. The number of hydrogen-bond donors (Lipinski definition) is 1. The minimum atomic E-state index is 0.234. The van der Waals surface area contributed by atoms with Gasteiger partial charge in [0, 0.05) is 5.56 Å². The number of benzene rings is 1. The molecule has 14 heavy (non-hydrogen) atoms. The number of nitrogens with zero attached hydrogens (tertiary/aromatic N) is 2. The van der Waals surface area contributed by atoms with Gasteiger partial charge in [0.25, 0.3) is 0 Å². The van der Waals surface area contributed by atoms with Crippen LogP contribution in [0.2, 0.25) is 5.02 Å². The first-order valence-electron chi connectivity index (χ1n) is 4.09. The van der Waals surface area contributed by atoms with Crippen molar-refractivity contribution in [1.82, 2.24) is 10.1 Å². The predicted molar refractivity (Wildman–Crippen MR) is 52.6 cm³/mol. The summed E-state index contributed by atoms with van der Waals surface area (Å²) in [7, 11) is 0. The Bertz CT molecular complexity index is 441. The molecule has 0 aliphatic rings. The Morgan fingerprint density at radius 3 is 2.79 bits per heavy atom. The van der Waals surface area contributed by atoms with E-state index in [-0.39, 0.29) is 6.54 Å². The van der Waals surface area contributed by atoms with Crippen LogP contribution in [0.5, 0.6) is 0 Å². The molecule has 0 radical (unpaired) electrons. The lowest BCUT2D eigenvalue weighted by atomic mass is 10.2. The van der Waals surface area contributed by atoms with Gasteiger partial charge in [0.1, 0.15) is 0 Å². The topological polar surface area (TPSA) is 64.9 Å². The molecule has 2 N–H and O–H groups in total. The molecule has 0 amide bonds. The van der Waals surface area contributed by atoms with E-state index in [9.17, 15) is 0 Å². The molecule has 0 fully saturated rings. The Labute approximate surface area is 85.7 Å². The van der Waals surface area contributed by atoms with Gasteiger partial charge < -0.3 is 10.3 Å². The van der Waals surface area contributed by atoms with Gasteiger partial charge >= 0.3 is 0 Å². The van der Waals surface area contributed by atoms with Gasteiger partial charge in [0.05, 0.1) is 11.6 Å². The molecule has 2 aromatic rings. The van der Waals surface area contributed by atoms with Gasteiger partial charge in [-0.1, -0.05) is 28.9 Å². The van der Waals surface area contributed by atoms with Crippen molar-refractivity contribution in [1.29, 1.82) is 0 Å². The number of nitrogens with two attached hydrogens (primary N) is 1. The van der Waals surface area contributed by atoms with E-state index in [0.29, 0.717) is 16.7 Å². The molecule has 0 saturated heterocycles. The summed E-state index contributed by atoms with van der Waals surface area (Å²) in [4.78, 5) is 4.07. The highest BCUT2D eigenvalue weighted by Gasteiger charge is 2.09. The van der Waals surface area contributed by atoms with Gasteiger partial charge in [-0.15, -0.1) is 0 Å². The highest BCUT2D eigenvalue weighted by atomic mass is 35.5. The van der Waals surface area contributed by atoms with Gasteiger partial charge in [0.2, 0.25) is 11.7 Å². The van der Waals surface area contributed by atoms with Crippen LogP contribution in [0, 0.1) is 0 Å². The van der Waals surface area contributed by atoms with Gasteiger partial charge in [-0.2, -0.15) is 4.98 Å². The summed E-state index contributed by atoms with van der Waals surface area (Å²) >= 11 is 5.96. The highest BCUT2D eigenvalue weighted by molar-refractivity contribution is 6.33. The second-order valence-corrected chi connectivity index (χ2v) is 3.10. The number of halogens is 1. The summed E-state index contributed by atoms with van der Waals surface area (Å²) in [6.45, 7) is 0.234. The lowest BCUT2D eigenvalue weighted by Gasteiger charge is -1.95. The van der Waals surface area contributed by atoms with Crippen molar-refractivity contribution in [2.24, 2.45) is 5.73 Å². The van der Waals surface area contributed by atoms with Crippen LogP contribution >= 0.6 is 11.6 Å². The average Bonchev–Trinajstić information content (AvgIpc) is 2.67. The first kappa shape index (κ1) is 9.18. The molecule has 0 spiro atoms. The fourth-order valence-electron chi connectivity index (χ4n) is 1.09. The molecule has 1 aromatic heterocycles. The molecular formula is C9H8ClN3O. The normalized spacial score (nSPS) is 10.4. The molecule has 0 saturated carbocycles. The van der Waals surface area contributed by atoms with E-state index in [1.165, 1.54) is 0 Å². The second-order valence-electron chi connectivity index (χ2n) is 2.70. The van der Waals surface area contributed by atoms with Crippen LogP contribution in [0.4, 0.5) is 0 Å². The zero-order valence-electron chi connectivity index (χ0n) is 7.27. The van der Waals surface area contributed by atoms with E-state index in [1.54, 1.807) is 6.07 Å². The monoisotopic (exact) mass is 209 g/mol. The minimum Gasteiger partial charge on any atom is -0.338 e. The Kier molecular flexibility index (Phi) is 2.47. The van der Waals surface area contributed by atoms with E-state index < -0.39 is 0 Å². The minimum absolute atomic E-state index is 0.234. The smallest absolute Gasteiger partial charge is 0.240 e. The van der Waals surface area contributed by atoms with E-state index in [1.807, 2.05) is 18.2 Å². The molecule has 1 aromatic carbocycles. The standard InChI is InChI=1S/C9H8ClN3O/c10-7-4-2-1-3-6(7)9-12-8(5-11)14-13-9/h1-4H,5,11H2. The van der Waals surface area contributed by atoms with Crippen molar-refractivity contribution in [3.8, 4) is 11.4 Å². The maximum atomic E-state index is 5.96. The zero-order valence-corrected chi connectivity index (χ0v) is 8.03. The van der Waals surface area contributed by atoms with Crippen molar-refractivity contribution in [2.45, 2.75) is 6.54 Å². The van der Waals surface area contributed by atoms with Crippen LogP contribution < -0.4 is 5.73 Å². The second kappa shape index (κ2) is 3.77. The fourth-order valence-corrected chi connectivity index (χ4v) is 1.31. The molecule has 0 unspecified atom stereocenters. The van der Waals surface area contributed by atoms with Crippen LogP contribution in [0.15, 0.2) is 28.8 Å². The van der Waals surface area contributed by atoms with Crippen molar-refractivity contribution >= 4 is 11.6 Å². The van der Waals surface area contributed by atoms with E-state index in [4.69, 9.17) is 21.9 Å². The van der Waals surface area contributed by atoms with Gasteiger partial charge in [-0.3, -0.25) is 0 Å². The summed E-state index contributed by atoms with van der Waals surface area (Å²) in [5.74, 6) is 0.871. The number of rotatable bonds is 2. The summed E-state index contributed by atoms with van der Waals surface area (Å²) in [6.07, 6.45) is 0. The first-order chi connectivity index (χ1) is 6.81. The third-order valence-corrected chi connectivity index (χ3v) is 2.09. The fraction of sp³-hybridized carbons (Fsp3) is 0.111.